The lowest BCUT2D eigenvalue weighted by Crippen LogP contribution is -2.44. The molecule has 3 N–H and O–H groups in total. The SMILES string of the molecule is O=C(NCC1CNCC(C(=O)OCc2ccccc2)C1)c1ccc(O)cc1. The van der Waals surface area contributed by atoms with Gasteiger partial charge in [0.05, 0.1) is 5.92 Å². The molecule has 0 aliphatic carbocycles. The lowest BCUT2D eigenvalue weighted by atomic mass is 9.90. The summed E-state index contributed by atoms with van der Waals surface area (Å²) in [5, 5.41) is 15.4. The third-order valence-electron chi connectivity index (χ3n) is 4.68. The van der Waals surface area contributed by atoms with Crippen LogP contribution in [0.2, 0.25) is 0 Å². The maximum absolute atomic E-state index is 12.3. The van der Waals surface area contributed by atoms with Crippen molar-refractivity contribution in [1.82, 2.24) is 10.6 Å². The first-order valence-electron chi connectivity index (χ1n) is 9.10. The molecule has 0 bridgehead atoms. The normalized spacial score (nSPS) is 19.3. The van der Waals surface area contributed by atoms with E-state index in [1.807, 2.05) is 30.3 Å². The van der Waals surface area contributed by atoms with E-state index in [2.05, 4.69) is 10.6 Å². The smallest absolute Gasteiger partial charge is 0.310 e. The third-order valence-corrected chi connectivity index (χ3v) is 4.68. The maximum atomic E-state index is 12.3. The Balaban J connectivity index is 1.45. The number of hydrogen-bond acceptors (Lipinski definition) is 5. The van der Waals surface area contributed by atoms with Gasteiger partial charge in [0, 0.05) is 18.7 Å². The first-order chi connectivity index (χ1) is 13.1. The van der Waals surface area contributed by atoms with Crippen LogP contribution >= 0.6 is 0 Å². The number of rotatable bonds is 6. The number of ether oxygens (including phenoxy) is 1. The van der Waals surface area contributed by atoms with Gasteiger partial charge < -0.3 is 20.5 Å². The second-order valence-electron chi connectivity index (χ2n) is 6.81. The van der Waals surface area contributed by atoms with Crippen molar-refractivity contribution in [3.05, 3.63) is 65.7 Å². The van der Waals surface area contributed by atoms with Crippen LogP contribution in [0.25, 0.3) is 0 Å². The molecule has 0 spiro atoms. The summed E-state index contributed by atoms with van der Waals surface area (Å²) in [7, 11) is 0. The van der Waals surface area contributed by atoms with E-state index in [1.165, 1.54) is 12.1 Å². The molecule has 2 aromatic rings. The molecule has 0 aromatic heterocycles. The predicted molar refractivity (Wildman–Crippen MR) is 101 cm³/mol. The second kappa shape index (κ2) is 9.19. The predicted octanol–water partition coefficient (Wildman–Crippen LogP) is 2.09. The van der Waals surface area contributed by atoms with Crippen LogP contribution in [0.1, 0.15) is 22.3 Å². The first-order valence-corrected chi connectivity index (χ1v) is 9.10. The Morgan fingerprint density at radius 1 is 1.07 bits per heavy atom. The lowest BCUT2D eigenvalue weighted by molar-refractivity contribution is -0.151. The van der Waals surface area contributed by atoms with E-state index in [4.69, 9.17) is 4.74 Å². The van der Waals surface area contributed by atoms with Gasteiger partial charge in [-0.3, -0.25) is 9.59 Å². The van der Waals surface area contributed by atoms with Crippen LogP contribution in [-0.4, -0.2) is 36.6 Å². The Hall–Kier alpha value is -2.86. The molecule has 2 atom stereocenters. The number of benzene rings is 2. The second-order valence-corrected chi connectivity index (χ2v) is 6.81. The fourth-order valence-corrected chi connectivity index (χ4v) is 3.16. The van der Waals surface area contributed by atoms with E-state index in [9.17, 15) is 14.7 Å². The van der Waals surface area contributed by atoms with E-state index < -0.39 is 0 Å². The molecule has 2 aromatic carbocycles. The van der Waals surface area contributed by atoms with E-state index in [0.717, 1.165) is 12.1 Å². The first kappa shape index (κ1) is 18.9. The largest absolute Gasteiger partial charge is 0.508 e. The zero-order chi connectivity index (χ0) is 19.1. The van der Waals surface area contributed by atoms with Crippen molar-refractivity contribution in [3.63, 3.8) is 0 Å². The number of esters is 1. The number of hydrogen-bond donors (Lipinski definition) is 3. The summed E-state index contributed by atoms with van der Waals surface area (Å²) in [6.07, 6.45) is 0.677. The summed E-state index contributed by atoms with van der Waals surface area (Å²) >= 11 is 0. The number of aromatic hydroxyl groups is 1. The van der Waals surface area contributed by atoms with Gasteiger partial charge in [-0.2, -0.15) is 0 Å². The lowest BCUT2D eigenvalue weighted by Gasteiger charge is -2.28. The fourth-order valence-electron chi connectivity index (χ4n) is 3.16. The van der Waals surface area contributed by atoms with Crippen LogP contribution in [0, 0.1) is 11.8 Å². The van der Waals surface area contributed by atoms with Crippen molar-refractivity contribution >= 4 is 11.9 Å². The Labute approximate surface area is 158 Å². The molecule has 1 fully saturated rings. The monoisotopic (exact) mass is 368 g/mol. The number of phenolic OH excluding ortho intramolecular Hbond substituents is 1. The molecule has 6 heteroatoms. The zero-order valence-electron chi connectivity index (χ0n) is 15.1. The standard InChI is InChI=1S/C21H24N2O4/c24-19-8-6-17(7-9-19)20(25)23-12-16-10-18(13-22-11-16)21(26)27-14-15-4-2-1-3-5-15/h1-9,16,18,22,24H,10-14H2,(H,23,25). The number of carbonyl (C=O) groups is 2. The van der Waals surface area contributed by atoms with Crippen molar-refractivity contribution in [3.8, 4) is 5.75 Å². The summed E-state index contributed by atoms with van der Waals surface area (Å²) < 4.78 is 5.43. The summed E-state index contributed by atoms with van der Waals surface area (Å²) in [6, 6.07) is 15.7. The summed E-state index contributed by atoms with van der Waals surface area (Å²) in [5.41, 5.74) is 1.46. The van der Waals surface area contributed by atoms with Crippen molar-refractivity contribution < 1.29 is 19.4 Å². The molecule has 0 saturated carbocycles. The number of nitrogens with one attached hydrogen (secondary N) is 2. The van der Waals surface area contributed by atoms with Crippen LogP contribution < -0.4 is 10.6 Å². The molecule has 142 valence electrons. The van der Waals surface area contributed by atoms with E-state index in [1.54, 1.807) is 12.1 Å². The van der Waals surface area contributed by atoms with Crippen LogP contribution in [0.3, 0.4) is 0 Å². The van der Waals surface area contributed by atoms with Gasteiger partial charge in [0.15, 0.2) is 0 Å². The molecule has 1 heterocycles. The molecule has 2 unspecified atom stereocenters. The van der Waals surface area contributed by atoms with Gasteiger partial charge in [0.1, 0.15) is 12.4 Å². The van der Waals surface area contributed by atoms with E-state index >= 15 is 0 Å². The van der Waals surface area contributed by atoms with Gasteiger partial charge in [-0.25, -0.2) is 0 Å². The minimum Gasteiger partial charge on any atom is -0.508 e. The van der Waals surface area contributed by atoms with Crippen LogP contribution in [0.15, 0.2) is 54.6 Å². The van der Waals surface area contributed by atoms with Gasteiger partial charge in [0.2, 0.25) is 0 Å². The molecule has 1 aliphatic heterocycles. The Kier molecular flexibility index (Phi) is 6.44. The number of phenols is 1. The highest BCUT2D eigenvalue weighted by Crippen LogP contribution is 2.18. The Morgan fingerprint density at radius 3 is 2.56 bits per heavy atom. The molecule has 3 rings (SSSR count). The molecular formula is C21H24N2O4. The van der Waals surface area contributed by atoms with Gasteiger partial charge in [-0.15, -0.1) is 0 Å². The van der Waals surface area contributed by atoms with Crippen molar-refractivity contribution in [2.24, 2.45) is 11.8 Å². The van der Waals surface area contributed by atoms with Crippen LogP contribution in [0.5, 0.6) is 5.75 Å². The Morgan fingerprint density at radius 2 is 1.81 bits per heavy atom. The quantitative estimate of drug-likeness (QED) is 0.680. The number of piperidine rings is 1. The summed E-state index contributed by atoms with van der Waals surface area (Å²) in [4.78, 5) is 24.5. The van der Waals surface area contributed by atoms with Crippen molar-refractivity contribution in [1.29, 1.82) is 0 Å². The molecule has 6 nitrogen and oxygen atoms in total. The minimum atomic E-state index is -0.210. The summed E-state index contributed by atoms with van der Waals surface area (Å²) in [6.45, 7) is 2.10. The number of amides is 1. The topological polar surface area (TPSA) is 87.7 Å². The molecule has 1 saturated heterocycles. The van der Waals surface area contributed by atoms with Crippen molar-refractivity contribution in [2.45, 2.75) is 13.0 Å². The highest BCUT2D eigenvalue weighted by molar-refractivity contribution is 5.94. The highest BCUT2D eigenvalue weighted by atomic mass is 16.5. The molecule has 1 amide bonds. The molecule has 27 heavy (non-hydrogen) atoms. The van der Waals surface area contributed by atoms with Gasteiger partial charge in [0.25, 0.3) is 5.91 Å². The third kappa shape index (κ3) is 5.56. The van der Waals surface area contributed by atoms with Gasteiger partial charge in [-0.1, -0.05) is 30.3 Å². The zero-order valence-corrected chi connectivity index (χ0v) is 15.1. The van der Waals surface area contributed by atoms with Crippen LogP contribution in [0.4, 0.5) is 0 Å². The fraction of sp³-hybridized carbons (Fsp3) is 0.333. The number of carbonyl (C=O) groups excluding carboxylic acids is 2. The maximum Gasteiger partial charge on any atom is 0.310 e. The minimum absolute atomic E-state index is 0.125. The average Bonchev–Trinajstić information content (AvgIpc) is 2.71. The average molecular weight is 368 g/mol. The van der Waals surface area contributed by atoms with Crippen LogP contribution in [-0.2, 0) is 16.1 Å². The van der Waals surface area contributed by atoms with E-state index in [0.29, 0.717) is 25.1 Å². The Bertz CT molecular complexity index is 762. The van der Waals surface area contributed by atoms with Gasteiger partial charge >= 0.3 is 5.97 Å². The van der Waals surface area contributed by atoms with Gasteiger partial charge in [-0.05, 0) is 48.7 Å². The highest BCUT2D eigenvalue weighted by Gasteiger charge is 2.28. The van der Waals surface area contributed by atoms with Crippen molar-refractivity contribution in [2.75, 3.05) is 19.6 Å². The summed E-state index contributed by atoms with van der Waals surface area (Å²) in [5.74, 6) is -0.322. The molecule has 1 aliphatic rings. The van der Waals surface area contributed by atoms with E-state index in [-0.39, 0.29) is 36.1 Å². The molecule has 0 radical (unpaired) electrons. The molecular weight excluding hydrogens is 344 g/mol.